The van der Waals surface area contributed by atoms with Crippen molar-refractivity contribution >= 4 is 17.2 Å². The molecule has 0 unspecified atom stereocenters. The van der Waals surface area contributed by atoms with Gasteiger partial charge in [-0.1, -0.05) is 12.1 Å². The first-order chi connectivity index (χ1) is 7.25. The van der Waals surface area contributed by atoms with E-state index in [0.29, 0.717) is 24.7 Å². The predicted molar refractivity (Wildman–Crippen MR) is 61.7 cm³/mol. The number of hydrogen-bond acceptors (Lipinski definition) is 3. The summed E-state index contributed by atoms with van der Waals surface area (Å²) in [6.45, 7) is 0. The monoisotopic (exact) mass is 204 g/mol. The van der Waals surface area contributed by atoms with Gasteiger partial charge in [0.1, 0.15) is 5.78 Å². The standard InChI is InChI=1S/C12H16N2O/c13-11-3-1-2-4-12(11)14-9-5-7-10(15)8-6-9/h1-4,9,14H,5-8,13H2. The highest BCUT2D eigenvalue weighted by Crippen LogP contribution is 2.23. The summed E-state index contributed by atoms with van der Waals surface area (Å²) in [6.07, 6.45) is 3.25. The average Bonchev–Trinajstić information content (AvgIpc) is 2.25. The SMILES string of the molecule is Nc1ccccc1NC1CCC(=O)CC1. The van der Waals surface area contributed by atoms with Crippen molar-refractivity contribution in [3.63, 3.8) is 0 Å². The van der Waals surface area contributed by atoms with Crippen LogP contribution in [0.3, 0.4) is 0 Å². The maximum atomic E-state index is 11.1. The molecule has 0 saturated heterocycles. The summed E-state index contributed by atoms with van der Waals surface area (Å²) in [5, 5.41) is 3.39. The second kappa shape index (κ2) is 4.34. The molecule has 0 amide bonds. The number of Topliss-reactive ketones (excluding diaryl/α,β-unsaturated/α-hetero) is 1. The smallest absolute Gasteiger partial charge is 0.133 e. The maximum absolute atomic E-state index is 11.1. The summed E-state index contributed by atoms with van der Waals surface area (Å²) in [4.78, 5) is 11.1. The van der Waals surface area contributed by atoms with E-state index < -0.39 is 0 Å². The van der Waals surface area contributed by atoms with E-state index in [0.717, 1.165) is 24.2 Å². The largest absolute Gasteiger partial charge is 0.397 e. The van der Waals surface area contributed by atoms with Gasteiger partial charge in [-0.15, -0.1) is 0 Å². The second-order valence-electron chi connectivity index (χ2n) is 4.04. The van der Waals surface area contributed by atoms with Crippen LogP contribution in [0.2, 0.25) is 0 Å². The molecule has 0 spiro atoms. The summed E-state index contributed by atoms with van der Waals surface area (Å²) in [7, 11) is 0. The van der Waals surface area contributed by atoms with E-state index in [1.165, 1.54) is 0 Å². The number of carbonyl (C=O) groups is 1. The summed E-state index contributed by atoms with van der Waals surface area (Å²) < 4.78 is 0. The van der Waals surface area contributed by atoms with Gasteiger partial charge in [-0.05, 0) is 25.0 Å². The molecule has 80 valence electrons. The minimum Gasteiger partial charge on any atom is -0.397 e. The van der Waals surface area contributed by atoms with Crippen LogP contribution in [0.15, 0.2) is 24.3 Å². The van der Waals surface area contributed by atoms with Crippen molar-refractivity contribution in [2.24, 2.45) is 0 Å². The highest BCUT2D eigenvalue weighted by Gasteiger charge is 2.18. The number of nitrogens with two attached hydrogens (primary N) is 1. The van der Waals surface area contributed by atoms with Crippen molar-refractivity contribution < 1.29 is 4.79 Å². The van der Waals surface area contributed by atoms with Crippen molar-refractivity contribution in [2.75, 3.05) is 11.1 Å². The lowest BCUT2D eigenvalue weighted by molar-refractivity contribution is -0.120. The van der Waals surface area contributed by atoms with Gasteiger partial charge < -0.3 is 11.1 Å². The zero-order valence-electron chi connectivity index (χ0n) is 8.70. The molecule has 0 atom stereocenters. The second-order valence-corrected chi connectivity index (χ2v) is 4.04. The molecule has 1 saturated carbocycles. The molecule has 0 aliphatic heterocycles. The van der Waals surface area contributed by atoms with Crippen LogP contribution in [0, 0.1) is 0 Å². The van der Waals surface area contributed by atoms with Gasteiger partial charge in [0.05, 0.1) is 11.4 Å². The number of para-hydroxylation sites is 2. The molecule has 1 aliphatic carbocycles. The molecule has 3 N–H and O–H groups in total. The zero-order chi connectivity index (χ0) is 10.7. The molecule has 1 fully saturated rings. The Morgan fingerprint density at radius 1 is 1.20 bits per heavy atom. The normalized spacial score (nSPS) is 17.7. The van der Waals surface area contributed by atoms with Crippen LogP contribution in [0.1, 0.15) is 25.7 Å². The van der Waals surface area contributed by atoms with Crippen LogP contribution in [0.4, 0.5) is 11.4 Å². The van der Waals surface area contributed by atoms with Gasteiger partial charge >= 0.3 is 0 Å². The highest BCUT2D eigenvalue weighted by atomic mass is 16.1. The van der Waals surface area contributed by atoms with Crippen LogP contribution in [0.5, 0.6) is 0 Å². The third-order valence-corrected chi connectivity index (χ3v) is 2.86. The van der Waals surface area contributed by atoms with E-state index in [1.807, 2.05) is 24.3 Å². The molecule has 1 aliphatic rings. The molecule has 0 bridgehead atoms. The van der Waals surface area contributed by atoms with Crippen LogP contribution in [0.25, 0.3) is 0 Å². The van der Waals surface area contributed by atoms with Crippen molar-refractivity contribution in [2.45, 2.75) is 31.7 Å². The number of rotatable bonds is 2. The number of hydrogen-bond donors (Lipinski definition) is 2. The molecular weight excluding hydrogens is 188 g/mol. The minimum atomic E-state index is 0.383. The van der Waals surface area contributed by atoms with Gasteiger partial charge in [0, 0.05) is 18.9 Å². The van der Waals surface area contributed by atoms with Crippen LogP contribution >= 0.6 is 0 Å². The molecule has 1 aromatic rings. The summed E-state index contributed by atoms with van der Waals surface area (Å²) in [6, 6.07) is 8.15. The molecule has 0 radical (unpaired) electrons. The lowest BCUT2D eigenvalue weighted by Gasteiger charge is -2.23. The summed E-state index contributed by atoms with van der Waals surface area (Å²) in [5.41, 5.74) is 7.59. The summed E-state index contributed by atoms with van der Waals surface area (Å²) in [5.74, 6) is 0.383. The Kier molecular flexibility index (Phi) is 2.90. The fraction of sp³-hybridized carbons (Fsp3) is 0.417. The van der Waals surface area contributed by atoms with Crippen molar-refractivity contribution in [1.82, 2.24) is 0 Å². The number of anilines is 2. The molecule has 0 aromatic heterocycles. The number of ketones is 1. The van der Waals surface area contributed by atoms with E-state index in [2.05, 4.69) is 5.32 Å². The molecule has 3 nitrogen and oxygen atoms in total. The Morgan fingerprint density at radius 2 is 1.87 bits per heavy atom. The fourth-order valence-electron chi connectivity index (χ4n) is 1.93. The first-order valence-corrected chi connectivity index (χ1v) is 5.38. The maximum Gasteiger partial charge on any atom is 0.133 e. The molecule has 15 heavy (non-hydrogen) atoms. The third-order valence-electron chi connectivity index (χ3n) is 2.86. The topological polar surface area (TPSA) is 55.1 Å². The van der Waals surface area contributed by atoms with Crippen molar-refractivity contribution in [3.05, 3.63) is 24.3 Å². The lowest BCUT2D eigenvalue weighted by Crippen LogP contribution is -2.26. The Balaban J connectivity index is 1.97. The molecule has 2 rings (SSSR count). The quantitative estimate of drug-likeness (QED) is 0.726. The van der Waals surface area contributed by atoms with Crippen LogP contribution < -0.4 is 11.1 Å². The van der Waals surface area contributed by atoms with E-state index in [1.54, 1.807) is 0 Å². The van der Waals surface area contributed by atoms with Gasteiger partial charge in [-0.2, -0.15) is 0 Å². The Hall–Kier alpha value is -1.51. The minimum absolute atomic E-state index is 0.383. The Morgan fingerprint density at radius 3 is 2.53 bits per heavy atom. The first-order valence-electron chi connectivity index (χ1n) is 5.38. The zero-order valence-corrected chi connectivity index (χ0v) is 8.70. The highest BCUT2D eigenvalue weighted by molar-refractivity contribution is 5.79. The van der Waals surface area contributed by atoms with Crippen molar-refractivity contribution in [1.29, 1.82) is 0 Å². The van der Waals surface area contributed by atoms with Gasteiger partial charge in [-0.25, -0.2) is 0 Å². The van der Waals surface area contributed by atoms with Crippen LogP contribution in [-0.4, -0.2) is 11.8 Å². The summed E-state index contributed by atoms with van der Waals surface area (Å²) >= 11 is 0. The van der Waals surface area contributed by atoms with Gasteiger partial charge in [-0.3, -0.25) is 4.79 Å². The number of carbonyl (C=O) groups excluding carboxylic acids is 1. The van der Waals surface area contributed by atoms with Gasteiger partial charge in [0.2, 0.25) is 0 Å². The van der Waals surface area contributed by atoms with E-state index >= 15 is 0 Å². The third kappa shape index (κ3) is 2.49. The average molecular weight is 204 g/mol. The van der Waals surface area contributed by atoms with E-state index in [9.17, 15) is 4.79 Å². The van der Waals surface area contributed by atoms with E-state index in [4.69, 9.17) is 5.73 Å². The Bertz CT molecular complexity index is 352. The lowest BCUT2D eigenvalue weighted by atomic mass is 9.94. The molecule has 3 heteroatoms. The molecular formula is C12H16N2O. The number of benzene rings is 1. The van der Waals surface area contributed by atoms with Crippen LogP contribution in [-0.2, 0) is 4.79 Å². The number of nitrogens with one attached hydrogen (secondary N) is 1. The predicted octanol–water partition coefficient (Wildman–Crippen LogP) is 2.19. The fourth-order valence-corrected chi connectivity index (χ4v) is 1.93. The molecule has 1 aromatic carbocycles. The van der Waals surface area contributed by atoms with E-state index in [-0.39, 0.29) is 0 Å². The first kappa shape index (κ1) is 10.0. The number of nitrogen functional groups attached to an aromatic ring is 1. The van der Waals surface area contributed by atoms with Gasteiger partial charge in [0.25, 0.3) is 0 Å². The molecule has 0 heterocycles. The Labute approximate surface area is 89.7 Å². The van der Waals surface area contributed by atoms with Gasteiger partial charge in [0.15, 0.2) is 0 Å². The van der Waals surface area contributed by atoms with Crippen molar-refractivity contribution in [3.8, 4) is 0 Å².